The average Bonchev–Trinajstić information content (AvgIpc) is 2.11. The number of hydrogen-bond acceptors (Lipinski definition) is 2. The largest absolute Gasteiger partial charge is 0.284 e. The van der Waals surface area contributed by atoms with Crippen LogP contribution in [-0.2, 0) is 10.0 Å². The molecule has 1 aromatic carbocycles. The van der Waals surface area contributed by atoms with Gasteiger partial charge in [-0.05, 0) is 25.1 Å². The van der Waals surface area contributed by atoms with Crippen LogP contribution in [0, 0.1) is 0 Å². The average molecular weight is 254 g/mol. The minimum Gasteiger partial charge on any atom is -0.284 e. The molecule has 0 unspecified atom stereocenters. The molecule has 0 atom stereocenters. The third-order valence-corrected chi connectivity index (χ3v) is 3.62. The molecule has 0 fully saturated rings. The number of nitrogens with one attached hydrogen (secondary N) is 1. The van der Waals surface area contributed by atoms with Crippen molar-refractivity contribution in [3.8, 4) is 0 Å². The van der Waals surface area contributed by atoms with Crippen molar-refractivity contribution in [1.82, 2.24) is 0 Å². The van der Waals surface area contributed by atoms with E-state index in [1.165, 1.54) is 12.1 Å². The lowest BCUT2D eigenvalue weighted by Crippen LogP contribution is -2.14. The topological polar surface area (TPSA) is 46.2 Å². The van der Waals surface area contributed by atoms with Gasteiger partial charge in [0.05, 0.1) is 21.5 Å². The van der Waals surface area contributed by atoms with Crippen LogP contribution < -0.4 is 4.72 Å². The van der Waals surface area contributed by atoms with Crippen LogP contribution in [0.3, 0.4) is 0 Å². The molecular weight excluding hydrogens is 245 g/mol. The molecule has 0 amide bonds. The maximum atomic E-state index is 11.2. The zero-order valence-corrected chi connectivity index (χ0v) is 9.75. The fraction of sp³-hybridized carbons (Fsp3) is 0.250. The van der Waals surface area contributed by atoms with Crippen LogP contribution in [0.2, 0.25) is 10.0 Å². The number of anilines is 1. The van der Waals surface area contributed by atoms with E-state index in [-0.39, 0.29) is 5.75 Å². The van der Waals surface area contributed by atoms with E-state index in [0.717, 1.165) is 0 Å². The highest BCUT2D eigenvalue weighted by molar-refractivity contribution is 7.92. The summed E-state index contributed by atoms with van der Waals surface area (Å²) in [5.74, 6) is 0.0211. The van der Waals surface area contributed by atoms with E-state index in [2.05, 4.69) is 4.72 Å². The van der Waals surface area contributed by atoms with Crippen molar-refractivity contribution in [3.05, 3.63) is 28.2 Å². The van der Waals surface area contributed by atoms with Crippen molar-refractivity contribution in [2.45, 2.75) is 6.92 Å². The SMILES string of the molecule is CCS(=O)(=O)Nc1ccc(Cl)c(Cl)c1. The third kappa shape index (κ3) is 3.04. The first-order valence-electron chi connectivity index (χ1n) is 3.90. The van der Waals surface area contributed by atoms with Crippen molar-refractivity contribution in [2.75, 3.05) is 10.5 Å². The van der Waals surface area contributed by atoms with E-state index in [9.17, 15) is 8.42 Å². The molecule has 0 aliphatic carbocycles. The Labute approximate surface area is 93.1 Å². The van der Waals surface area contributed by atoms with Gasteiger partial charge in [-0.1, -0.05) is 23.2 Å². The summed E-state index contributed by atoms with van der Waals surface area (Å²) >= 11 is 11.4. The summed E-state index contributed by atoms with van der Waals surface area (Å²) in [6.45, 7) is 1.56. The lowest BCUT2D eigenvalue weighted by Gasteiger charge is -2.06. The molecule has 1 aromatic rings. The number of sulfonamides is 1. The van der Waals surface area contributed by atoms with Crippen molar-refractivity contribution < 1.29 is 8.42 Å². The van der Waals surface area contributed by atoms with Crippen molar-refractivity contribution in [3.63, 3.8) is 0 Å². The van der Waals surface area contributed by atoms with E-state index in [0.29, 0.717) is 15.7 Å². The van der Waals surface area contributed by atoms with Gasteiger partial charge in [-0.15, -0.1) is 0 Å². The normalized spacial score (nSPS) is 11.4. The molecule has 0 bridgehead atoms. The molecule has 6 heteroatoms. The summed E-state index contributed by atoms with van der Waals surface area (Å²) in [5, 5.41) is 0.717. The predicted octanol–water partition coefficient (Wildman–Crippen LogP) is 2.76. The van der Waals surface area contributed by atoms with Gasteiger partial charge in [0, 0.05) is 0 Å². The molecule has 1 N–H and O–H groups in total. The lowest BCUT2D eigenvalue weighted by atomic mass is 10.3. The third-order valence-electron chi connectivity index (χ3n) is 1.57. The highest BCUT2D eigenvalue weighted by atomic mass is 35.5. The van der Waals surface area contributed by atoms with Gasteiger partial charge in [0.1, 0.15) is 0 Å². The van der Waals surface area contributed by atoms with Gasteiger partial charge in [0.25, 0.3) is 0 Å². The van der Waals surface area contributed by atoms with Gasteiger partial charge in [0.2, 0.25) is 10.0 Å². The summed E-state index contributed by atoms with van der Waals surface area (Å²) in [5.41, 5.74) is 0.418. The summed E-state index contributed by atoms with van der Waals surface area (Å²) in [7, 11) is -3.25. The second-order valence-electron chi connectivity index (χ2n) is 2.63. The predicted molar refractivity (Wildman–Crippen MR) is 59.5 cm³/mol. The first-order valence-corrected chi connectivity index (χ1v) is 6.31. The fourth-order valence-electron chi connectivity index (χ4n) is 0.811. The van der Waals surface area contributed by atoms with Crippen LogP contribution in [-0.4, -0.2) is 14.2 Å². The highest BCUT2D eigenvalue weighted by Gasteiger charge is 2.07. The van der Waals surface area contributed by atoms with Gasteiger partial charge < -0.3 is 0 Å². The number of hydrogen-bond donors (Lipinski definition) is 1. The van der Waals surface area contributed by atoms with Gasteiger partial charge in [-0.3, -0.25) is 4.72 Å². The van der Waals surface area contributed by atoms with E-state index >= 15 is 0 Å². The Balaban J connectivity index is 2.94. The zero-order valence-electron chi connectivity index (χ0n) is 7.42. The molecule has 0 heterocycles. The van der Waals surface area contributed by atoms with E-state index in [4.69, 9.17) is 23.2 Å². The van der Waals surface area contributed by atoms with Crippen LogP contribution in [0.4, 0.5) is 5.69 Å². The number of benzene rings is 1. The quantitative estimate of drug-likeness (QED) is 0.901. The molecule has 0 saturated heterocycles. The summed E-state index contributed by atoms with van der Waals surface area (Å²) in [4.78, 5) is 0. The standard InChI is InChI=1S/C8H9Cl2NO2S/c1-2-14(12,13)11-6-3-4-7(9)8(10)5-6/h3-5,11H,2H2,1H3. The lowest BCUT2D eigenvalue weighted by molar-refractivity contribution is 0.602. The molecule has 3 nitrogen and oxygen atoms in total. The second-order valence-corrected chi connectivity index (χ2v) is 5.46. The second kappa shape index (κ2) is 4.38. The molecular formula is C8H9Cl2NO2S. The Hall–Kier alpha value is -0.450. The van der Waals surface area contributed by atoms with Gasteiger partial charge in [-0.25, -0.2) is 8.42 Å². The minimum atomic E-state index is -3.25. The van der Waals surface area contributed by atoms with Crippen LogP contribution in [0.25, 0.3) is 0 Å². The fourth-order valence-corrected chi connectivity index (χ4v) is 1.74. The smallest absolute Gasteiger partial charge is 0.232 e. The van der Waals surface area contributed by atoms with Gasteiger partial charge in [0.15, 0.2) is 0 Å². The molecule has 0 aromatic heterocycles. The molecule has 0 spiro atoms. The van der Waals surface area contributed by atoms with E-state index < -0.39 is 10.0 Å². The van der Waals surface area contributed by atoms with Crippen molar-refractivity contribution in [1.29, 1.82) is 0 Å². The Morgan fingerprint density at radius 3 is 2.43 bits per heavy atom. The monoisotopic (exact) mass is 253 g/mol. The molecule has 0 saturated carbocycles. The molecule has 0 aliphatic heterocycles. The Morgan fingerprint density at radius 1 is 1.29 bits per heavy atom. The zero-order chi connectivity index (χ0) is 10.8. The molecule has 14 heavy (non-hydrogen) atoms. The number of halogens is 2. The summed E-state index contributed by atoms with van der Waals surface area (Å²) in [6.07, 6.45) is 0. The minimum absolute atomic E-state index is 0.0211. The Bertz CT molecular complexity index is 431. The van der Waals surface area contributed by atoms with Crippen molar-refractivity contribution >= 4 is 38.9 Å². The molecule has 1 rings (SSSR count). The summed E-state index contributed by atoms with van der Waals surface area (Å²) in [6, 6.07) is 4.57. The Kier molecular flexibility index (Phi) is 3.64. The van der Waals surface area contributed by atoms with E-state index in [1.807, 2.05) is 0 Å². The highest BCUT2D eigenvalue weighted by Crippen LogP contribution is 2.25. The number of rotatable bonds is 3. The maximum absolute atomic E-state index is 11.2. The first-order chi connectivity index (χ1) is 6.44. The van der Waals surface area contributed by atoms with Gasteiger partial charge >= 0.3 is 0 Å². The van der Waals surface area contributed by atoms with Crippen LogP contribution in [0.15, 0.2) is 18.2 Å². The van der Waals surface area contributed by atoms with E-state index in [1.54, 1.807) is 13.0 Å². The maximum Gasteiger partial charge on any atom is 0.232 e. The Morgan fingerprint density at radius 2 is 1.93 bits per heavy atom. The van der Waals surface area contributed by atoms with Gasteiger partial charge in [-0.2, -0.15) is 0 Å². The summed E-state index contributed by atoms with van der Waals surface area (Å²) < 4.78 is 24.7. The molecule has 0 aliphatic rings. The van der Waals surface area contributed by atoms with Crippen LogP contribution >= 0.6 is 23.2 Å². The first kappa shape index (κ1) is 11.6. The van der Waals surface area contributed by atoms with Crippen molar-refractivity contribution in [2.24, 2.45) is 0 Å². The van der Waals surface area contributed by atoms with Crippen LogP contribution in [0.5, 0.6) is 0 Å². The molecule has 78 valence electrons. The molecule has 0 radical (unpaired) electrons. The van der Waals surface area contributed by atoms with Crippen LogP contribution in [0.1, 0.15) is 6.92 Å².